The second kappa shape index (κ2) is 9.60. The fourth-order valence-corrected chi connectivity index (χ4v) is 5.51. The molecule has 0 radical (unpaired) electrons. The van der Waals surface area contributed by atoms with Crippen LogP contribution in [-0.4, -0.2) is 30.8 Å². The minimum Gasteiger partial charge on any atom is -0.294 e. The molecule has 0 unspecified atom stereocenters. The zero-order chi connectivity index (χ0) is 22.6. The largest absolute Gasteiger partial charge is 0.294 e. The van der Waals surface area contributed by atoms with E-state index in [0.717, 1.165) is 31.5 Å². The first-order chi connectivity index (χ1) is 15.4. The van der Waals surface area contributed by atoms with Crippen LogP contribution < -0.4 is 4.72 Å². The molecule has 1 saturated heterocycles. The number of nitrogens with one attached hydrogen (secondary N) is 1. The summed E-state index contributed by atoms with van der Waals surface area (Å²) in [6.07, 6.45) is 1.86. The summed E-state index contributed by atoms with van der Waals surface area (Å²) < 4.78 is 29.3. The summed E-state index contributed by atoms with van der Waals surface area (Å²) in [7, 11) is -3.88. The van der Waals surface area contributed by atoms with Crippen molar-refractivity contribution >= 4 is 15.7 Å². The van der Waals surface area contributed by atoms with E-state index in [-0.39, 0.29) is 16.6 Å². The summed E-state index contributed by atoms with van der Waals surface area (Å²) in [5, 5.41) is 10.9. The van der Waals surface area contributed by atoms with Crippen LogP contribution in [0.25, 0.3) is 0 Å². The second-order valence-corrected chi connectivity index (χ2v) is 9.64. The average Bonchev–Trinajstić information content (AvgIpc) is 3.26. The molecule has 2 atom stereocenters. The van der Waals surface area contributed by atoms with E-state index in [4.69, 9.17) is 0 Å². The maximum Gasteiger partial charge on any atom is 0.269 e. The summed E-state index contributed by atoms with van der Waals surface area (Å²) in [5.74, 6) is 0. The van der Waals surface area contributed by atoms with E-state index in [9.17, 15) is 18.5 Å². The van der Waals surface area contributed by atoms with Gasteiger partial charge in [0.25, 0.3) is 5.69 Å². The first kappa shape index (κ1) is 22.1. The fraction of sp³-hybridized carbons (Fsp3) is 0.250. The summed E-state index contributed by atoms with van der Waals surface area (Å²) in [6, 6.07) is 24.2. The number of nitrogens with zero attached hydrogens (tertiary/aromatic N) is 2. The SMILES string of the molecule is O=[N+]([O-])c1ccc(S(=O)(=O)N[C@@H](c2ccccc2)[C@@H]2CCCN2Cc2ccccc2)cc1. The van der Waals surface area contributed by atoms with Gasteiger partial charge in [-0.1, -0.05) is 60.7 Å². The molecule has 0 spiro atoms. The van der Waals surface area contributed by atoms with Gasteiger partial charge < -0.3 is 0 Å². The van der Waals surface area contributed by atoms with Gasteiger partial charge in [0, 0.05) is 24.7 Å². The number of nitro groups is 1. The molecule has 3 aromatic carbocycles. The monoisotopic (exact) mass is 451 g/mol. The highest BCUT2D eigenvalue weighted by Gasteiger charge is 2.35. The molecule has 166 valence electrons. The third kappa shape index (κ3) is 5.04. The summed E-state index contributed by atoms with van der Waals surface area (Å²) in [4.78, 5) is 12.7. The Morgan fingerprint density at radius 3 is 2.22 bits per heavy atom. The number of non-ortho nitro benzene ring substituents is 1. The Kier molecular flexibility index (Phi) is 6.64. The van der Waals surface area contributed by atoms with Crippen LogP contribution in [0.4, 0.5) is 5.69 Å². The quantitative estimate of drug-likeness (QED) is 0.408. The lowest BCUT2D eigenvalue weighted by Gasteiger charge is -2.32. The molecule has 1 heterocycles. The lowest BCUT2D eigenvalue weighted by Crippen LogP contribution is -2.42. The van der Waals surface area contributed by atoms with E-state index >= 15 is 0 Å². The number of hydrogen-bond donors (Lipinski definition) is 1. The first-order valence-electron chi connectivity index (χ1n) is 10.5. The number of benzene rings is 3. The van der Waals surface area contributed by atoms with Gasteiger partial charge in [-0.05, 0) is 42.6 Å². The van der Waals surface area contributed by atoms with Crippen LogP contribution in [0.3, 0.4) is 0 Å². The van der Waals surface area contributed by atoms with Crippen molar-refractivity contribution in [3.63, 3.8) is 0 Å². The minimum atomic E-state index is -3.88. The maximum absolute atomic E-state index is 13.2. The summed E-state index contributed by atoms with van der Waals surface area (Å²) in [5.41, 5.74) is 1.93. The van der Waals surface area contributed by atoms with Gasteiger partial charge in [0.2, 0.25) is 10.0 Å². The molecule has 0 bridgehead atoms. The van der Waals surface area contributed by atoms with Crippen molar-refractivity contribution in [3.8, 4) is 0 Å². The van der Waals surface area contributed by atoms with Gasteiger partial charge in [-0.25, -0.2) is 13.1 Å². The molecule has 3 aromatic rings. The lowest BCUT2D eigenvalue weighted by molar-refractivity contribution is -0.384. The lowest BCUT2D eigenvalue weighted by atomic mass is 9.98. The Labute approximate surface area is 187 Å². The van der Waals surface area contributed by atoms with E-state index in [0.29, 0.717) is 0 Å². The normalized spacial score (nSPS) is 17.8. The van der Waals surface area contributed by atoms with E-state index < -0.39 is 21.0 Å². The van der Waals surface area contributed by atoms with Crippen molar-refractivity contribution in [1.82, 2.24) is 9.62 Å². The third-order valence-electron chi connectivity index (χ3n) is 5.83. The van der Waals surface area contributed by atoms with Gasteiger partial charge in [-0.2, -0.15) is 0 Å². The molecule has 0 saturated carbocycles. The molecule has 0 aromatic heterocycles. The molecular formula is C24H25N3O4S. The highest BCUT2D eigenvalue weighted by atomic mass is 32.2. The van der Waals surface area contributed by atoms with Crippen LogP contribution in [0.5, 0.6) is 0 Å². The van der Waals surface area contributed by atoms with Gasteiger partial charge >= 0.3 is 0 Å². The number of sulfonamides is 1. The Morgan fingerprint density at radius 1 is 0.969 bits per heavy atom. The van der Waals surface area contributed by atoms with Crippen molar-refractivity contribution in [2.45, 2.75) is 36.4 Å². The van der Waals surface area contributed by atoms with Gasteiger partial charge in [-0.15, -0.1) is 0 Å². The van der Waals surface area contributed by atoms with Gasteiger partial charge in [0.1, 0.15) is 0 Å². The van der Waals surface area contributed by atoms with Gasteiger partial charge in [0.15, 0.2) is 0 Å². The fourth-order valence-electron chi connectivity index (χ4n) is 4.25. The van der Waals surface area contributed by atoms with E-state index in [1.165, 1.54) is 29.8 Å². The Morgan fingerprint density at radius 2 is 1.59 bits per heavy atom. The highest BCUT2D eigenvalue weighted by molar-refractivity contribution is 7.89. The van der Waals surface area contributed by atoms with Crippen LogP contribution in [0.1, 0.15) is 30.0 Å². The van der Waals surface area contributed by atoms with E-state index in [1.807, 2.05) is 48.5 Å². The van der Waals surface area contributed by atoms with Crippen LogP contribution in [0.2, 0.25) is 0 Å². The van der Waals surface area contributed by atoms with Crippen LogP contribution in [0, 0.1) is 10.1 Å². The Hall–Kier alpha value is -3.07. The molecular weight excluding hydrogens is 426 g/mol. The van der Waals surface area contributed by atoms with Crippen molar-refractivity contribution in [2.75, 3.05) is 6.54 Å². The van der Waals surface area contributed by atoms with Crippen LogP contribution >= 0.6 is 0 Å². The second-order valence-electron chi connectivity index (χ2n) is 7.93. The molecule has 0 amide bonds. The van der Waals surface area contributed by atoms with Crippen LogP contribution in [0.15, 0.2) is 89.8 Å². The zero-order valence-corrected chi connectivity index (χ0v) is 18.3. The molecule has 1 aliphatic rings. The van der Waals surface area contributed by atoms with Gasteiger partial charge in [-0.3, -0.25) is 15.0 Å². The number of nitro benzene ring substituents is 1. The van der Waals surface area contributed by atoms with E-state index in [2.05, 4.69) is 21.8 Å². The zero-order valence-electron chi connectivity index (χ0n) is 17.5. The standard InChI is InChI=1S/C24H25N3O4S/c28-27(29)21-13-15-22(16-14-21)32(30,31)25-24(20-10-5-2-6-11-20)23-12-7-17-26(23)18-19-8-3-1-4-9-19/h1-6,8-11,13-16,23-25H,7,12,17-18H2/t23-,24-/m0/s1. The molecule has 7 nitrogen and oxygen atoms in total. The molecule has 8 heteroatoms. The van der Waals surface area contributed by atoms with Crippen molar-refractivity contribution in [2.24, 2.45) is 0 Å². The first-order valence-corrected chi connectivity index (χ1v) is 12.0. The summed E-state index contributed by atoms with van der Waals surface area (Å²) >= 11 is 0. The molecule has 0 aliphatic carbocycles. The van der Waals surface area contributed by atoms with Crippen molar-refractivity contribution in [1.29, 1.82) is 0 Å². The topological polar surface area (TPSA) is 92.5 Å². The minimum absolute atomic E-state index is 0.00886. The van der Waals surface area contributed by atoms with Crippen molar-refractivity contribution in [3.05, 3.63) is 106 Å². The maximum atomic E-state index is 13.2. The van der Waals surface area contributed by atoms with Crippen molar-refractivity contribution < 1.29 is 13.3 Å². The number of likely N-dealkylation sites (tertiary alicyclic amines) is 1. The average molecular weight is 452 g/mol. The number of hydrogen-bond acceptors (Lipinski definition) is 5. The number of rotatable bonds is 8. The molecule has 1 N–H and O–H groups in total. The Bertz CT molecular complexity index is 1150. The molecule has 32 heavy (non-hydrogen) atoms. The molecule has 1 aliphatic heterocycles. The smallest absolute Gasteiger partial charge is 0.269 e. The Balaban J connectivity index is 1.63. The molecule has 1 fully saturated rings. The molecule has 4 rings (SSSR count). The predicted octanol–water partition coefficient (Wildman–Crippen LogP) is 4.28. The summed E-state index contributed by atoms with van der Waals surface area (Å²) in [6.45, 7) is 1.64. The predicted molar refractivity (Wildman–Crippen MR) is 122 cm³/mol. The third-order valence-corrected chi connectivity index (χ3v) is 7.28. The van der Waals surface area contributed by atoms with Crippen LogP contribution in [-0.2, 0) is 16.6 Å². The van der Waals surface area contributed by atoms with E-state index in [1.54, 1.807) is 0 Å². The van der Waals surface area contributed by atoms with Gasteiger partial charge in [0.05, 0.1) is 15.9 Å². The highest BCUT2D eigenvalue weighted by Crippen LogP contribution is 2.32.